The molecule has 16 aromatic carbocycles. The fourth-order valence-electron chi connectivity index (χ4n) is 15.3. The van der Waals surface area contributed by atoms with Crippen LogP contribution in [-0.4, -0.2) is 44.9 Å². The molecule has 22 aromatic rings. The van der Waals surface area contributed by atoms with Gasteiger partial charge in [0.25, 0.3) is 0 Å². The van der Waals surface area contributed by atoms with Gasteiger partial charge in [0.15, 0.2) is 34.9 Å². The van der Waals surface area contributed by atoms with Gasteiger partial charge in [-0.2, -0.15) is 29.9 Å². The fourth-order valence-corrected chi connectivity index (χ4v) is 19.2. The Hall–Kier alpha value is -13.7. The van der Waals surface area contributed by atoms with Gasteiger partial charge in [0.05, 0.1) is 0 Å². The summed E-state index contributed by atoms with van der Waals surface area (Å²) >= 11 is 24.6. The Kier molecular flexibility index (Phi) is 20.0. The second-order valence-electron chi connectivity index (χ2n) is 28.4. The summed E-state index contributed by atoms with van der Waals surface area (Å²) in [4.78, 5) is 40.9. The predicted octanol–water partition coefficient (Wildman–Crippen LogP) is 29.8. The average molecular weight is 1630 g/mol. The van der Waals surface area contributed by atoms with Gasteiger partial charge in [-0.1, -0.05) is 315 Å². The number of nitrogens with zero attached hydrogens (tertiary/aromatic N) is 9. The van der Waals surface area contributed by atoms with E-state index in [2.05, 4.69) is 291 Å². The Morgan fingerprint density at radius 1 is 0.161 bits per heavy atom. The first-order chi connectivity index (χ1) is 58.1. The number of rotatable bonds is 12. The highest BCUT2D eigenvalue weighted by molar-refractivity contribution is 7.27. The van der Waals surface area contributed by atoms with Gasteiger partial charge >= 0.3 is 0 Å². The van der Waals surface area contributed by atoms with Crippen LogP contribution < -0.4 is 0 Å². The molecular formula is C103H62Cl3N9S3. The summed E-state index contributed by atoms with van der Waals surface area (Å²) < 4.78 is 7.83. The maximum atomic E-state index is 6.42. The Balaban J connectivity index is 0.000000114. The molecule has 9 nitrogen and oxygen atoms in total. The Bertz CT molecular complexity index is 7550. The summed E-state index contributed by atoms with van der Waals surface area (Å²) in [5.41, 5.74) is 19.3. The molecule has 6 aromatic heterocycles. The maximum absolute atomic E-state index is 6.42. The Morgan fingerprint density at radius 2 is 0.466 bits per heavy atom. The summed E-state index contributed by atoms with van der Waals surface area (Å²) in [5.74, 6) is 3.32. The second kappa shape index (κ2) is 32.2. The standard InChI is InChI=1S/C37H22ClN3S.2C33H20ClN3S/c38-37-40-35(25-15-13-24(14-16-25)23-7-2-1-3-8-23)39-36(41-37)28-18-19-30-26(21-28)9-6-11-29(30)27-17-20-32-31-10-4-5-12-33(31)42-34(32)22-27;34-33-36-31(21-9-2-1-3-10-21)35-32(37-33)25-14-7-12-23(20-25)22-11-6-13-24(19-22)26-16-8-17-28-27-15-4-5-18-29(27)38-30(26)28;34-33-36-31(23-15-13-22(14-16-23)21-7-2-1-3-8-21)35-32(37-33)26-10-6-9-24(19-26)25-17-18-30-28(20-25)27-11-4-5-12-29(27)38-30/h1-22H;2*1-20H. The van der Waals surface area contributed by atoms with E-state index in [1.165, 1.54) is 93.7 Å². The van der Waals surface area contributed by atoms with Crippen molar-refractivity contribution in [2.24, 2.45) is 0 Å². The molecule has 0 radical (unpaired) electrons. The van der Waals surface area contributed by atoms with E-state index >= 15 is 0 Å². The first kappa shape index (κ1) is 73.2. The SMILES string of the molecule is Clc1nc(-c2ccc(-c3ccccc3)cc2)nc(-c2ccc3c(-c4ccc5c(c4)sc4ccccc45)cccc3c2)n1.Clc1nc(-c2ccc(-c3ccccc3)cc2)nc(-c2cccc(-c3ccc4sc5ccccc5c4c3)c2)n1.Clc1nc(-c2ccccc2)nc(-c2cccc(-c3cccc(-c4cccc5c4sc4ccccc45)c3)c2)n1. The number of hydrogen-bond acceptors (Lipinski definition) is 12. The van der Waals surface area contributed by atoms with Gasteiger partial charge in [-0.05, 0) is 173 Å². The largest absolute Gasteiger partial charge is 0.226 e. The molecule has 0 N–H and O–H groups in total. The van der Waals surface area contributed by atoms with Gasteiger partial charge in [0.1, 0.15) is 0 Å². The predicted molar refractivity (Wildman–Crippen MR) is 496 cm³/mol. The molecule has 0 amide bonds. The summed E-state index contributed by atoms with van der Waals surface area (Å²) in [5, 5.41) is 10.6. The van der Waals surface area contributed by atoms with Crippen LogP contribution in [0.15, 0.2) is 376 Å². The lowest BCUT2D eigenvalue weighted by molar-refractivity contribution is 1.07. The Morgan fingerprint density at radius 3 is 1.01 bits per heavy atom. The molecule has 0 saturated heterocycles. The van der Waals surface area contributed by atoms with Crippen molar-refractivity contribution in [1.29, 1.82) is 0 Å². The summed E-state index contributed by atoms with van der Waals surface area (Å²) in [6.45, 7) is 0. The molecule has 0 atom stereocenters. The van der Waals surface area contributed by atoms with Gasteiger partial charge in [0.2, 0.25) is 15.9 Å². The van der Waals surface area contributed by atoms with Crippen molar-refractivity contribution in [3.8, 4) is 135 Å². The van der Waals surface area contributed by atoms with Crippen LogP contribution in [0.4, 0.5) is 0 Å². The Labute approximate surface area is 706 Å². The van der Waals surface area contributed by atoms with Crippen LogP contribution in [0.5, 0.6) is 0 Å². The smallest absolute Gasteiger partial charge is 0.208 e. The molecule has 0 fully saturated rings. The van der Waals surface area contributed by atoms with E-state index in [1.807, 2.05) is 149 Å². The third kappa shape index (κ3) is 15.0. The monoisotopic (exact) mass is 1630 g/mol. The molecule has 0 unspecified atom stereocenters. The van der Waals surface area contributed by atoms with Crippen LogP contribution >= 0.6 is 68.8 Å². The van der Waals surface area contributed by atoms with E-state index in [9.17, 15) is 0 Å². The fraction of sp³-hybridized carbons (Fsp3) is 0. The zero-order valence-electron chi connectivity index (χ0n) is 62.7. The molecule has 118 heavy (non-hydrogen) atoms. The van der Waals surface area contributed by atoms with Crippen molar-refractivity contribution in [3.05, 3.63) is 392 Å². The quantitative estimate of drug-likeness (QED) is 0.118. The minimum Gasteiger partial charge on any atom is -0.208 e. The van der Waals surface area contributed by atoms with Crippen LogP contribution in [0.1, 0.15) is 0 Å². The van der Waals surface area contributed by atoms with Crippen LogP contribution in [0, 0.1) is 0 Å². The van der Waals surface area contributed by atoms with Crippen LogP contribution in [0.25, 0.3) is 206 Å². The van der Waals surface area contributed by atoms with Gasteiger partial charge < -0.3 is 0 Å². The number of fused-ring (bicyclic) bond motifs is 10. The van der Waals surface area contributed by atoms with E-state index in [1.54, 1.807) is 0 Å². The lowest BCUT2D eigenvalue weighted by atomic mass is 9.96. The van der Waals surface area contributed by atoms with Gasteiger partial charge in [-0.25, -0.2) is 15.0 Å². The third-order valence-corrected chi connectivity index (χ3v) is 25.1. The first-order valence-electron chi connectivity index (χ1n) is 38.3. The molecule has 15 heteroatoms. The van der Waals surface area contributed by atoms with Gasteiger partial charge in [-0.15, -0.1) is 34.0 Å². The zero-order valence-corrected chi connectivity index (χ0v) is 67.4. The highest BCUT2D eigenvalue weighted by atomic mass is 35.5. The topological polar surface area (TPSA) is 116 Å². The molecule has 6 heterocycles. The number of thiophene rings is 3. The second-order valence-corrected chi connectivity index (χ2v) is 32.6. The van der Waals surface area contributed by atoms with Crippen molar-refractivity contribution in [3.63, 3.8) is 0 Å². The lowest BCUT2D eigenvalue weighted by Crippen LogP contribution is -1.97. The summed E-state index contributed by atoms with van der Waals surface area (Å²) in [6, 6.07) is 131. The molecule has 558 valence electrons. The van der Waals surface area contributed by atoms with Gasteiger partial charge in [0, 0.05) is 93.9 Å². The van der Waals surface area contributed by atoms with E-state index in [4.69, 9.17) is 49.8 Å². The van der Waals surface area contributed by atoms with Crippen molar-refractivity contribution in [2.75, 3.05) is 0 Å². The lowest BCUT2D eigenvalue weighted by Gasteiger charge is -2.10. The number of hydrogen-bond donors (Lipinski definition) is 0. The zero-order chi connectivity index (χ0) is 79.0. The molecular weight excluding hydrogens is 1570 g/mol. The molecule has 0 aliphatic heterocycles. The summed E-state index contributed by atoms with van der Waals surface area (Å²) in [7, 11) is 0. The van der Waals surface area contributed by atoms with Crippen LogP contribution in [0.2, 0.25) is 15.9 Å². The minimum absolute atomic E-state index is 0.174. The number of aromatic nitrogens is 9. The van der Waals surface area contributed by atoms with Crippen LogP contribution in [0.3, 0.4) is 0 Å². The molecule has 0 spiro atoms. The normalized spacial score (nSPS) is 11.3. The molecule has 0 saturated carbocycles. The van der Waals surface area contributed by atoms with Crippen molar-refractivity contribution >= 4 is 140 Å². The van der Waals surface area contributed by atoms with E-state index < -0.39 is 0 Å². The molecule has 0 aliphatic rings. The number of halogens is 3. The minimum atomic E-state index is 0.174. The van der Waals surface area contributed by atoms with Crippen molar-refractivity contribution in [2.45, 2.75) is 0 Å². The molecule has 0 aliphatic carbocycles. The average Bonchev–Trinajstić information content (AvgIpc) is 1.58. The first-order valence-corrected chi connectivity index (χ1v) is 41.9. The molecule has 0 bridgehead atoms. The van der Waals surface area contributed by atoms with E-state index in [0.717, 1.165) is 77.7 Å². The van der Waals surface area contributed by atoms with Crippen LogP contribution in [-0.2, 0) is 0 Å². The van der Waals surface area contributed by atoms with Crippen molar-refractivity contribution in [1.82, 2.24) is 44.9 Å². The third-order valence-electron chi connectivity index (χ3n) is 21.0. The highest BCUT2D eigenvalue weighted by Gasteiger charge is 2.19. The highest BCUT2D eigenvalue weighted by Crippen LogP contribution is 2.44. The van der Waals surface area contributed by atoms with Crippen molar-refractivity contribution < 1.29 is 0 Å². The number of benzene rings is 16. The molecule has 22 rings (SSSR count). The van der Waals surface area contributed by atoms with E-state index in [0.29, 0.717) is 34.9 Å². The van der Waals surface area contributed by atoms with Gasteiger partial charge in [-0.3, -0.25) is 0 Å². The maximum Gasteiger partial charge on any atom is 0.226 e. The summed E-state index contributed by atoms with van der Waals surface area (Å²) in [6.07, 6.45) is 0. The van der Waals surface area contributed by atoms with E-state index in [-0.39, 0.29) is 15.9 Å².